The molecule has 1 heterocycles. The van der Waals surface area contributed by atoms with Gasteiger partial charge in [0, 0.05) is 13.2 Å². The number of ether oxygens (including phenoxy) is 1. The van der Waals surface area contributed by atoms with Gasteiger partial charge in [0.05, 0.1) is 0 Å². The third-order valence-corrected chi connectivity index (χ3v) is 2.23. The van der Waals surface area contributed by atoms with Gasteiger partial charge in [-0.2, -0.15) is 4.98 Å². The Balaban J connectivity index is 2.21. The van der Waals surface area contributed by atoms with E-state index in [1.54, 1.807) is 35.0 Å². The summed E-state index contributed by atoms with van der Waals surface area (Å²) in [6, 6.07) is 6.98. The number of benzene rings is 1. The van der Waals surface area contributed by atoms with Crippen molar-refractivity contribution in [3.05, 3.63) is 35.1 Å². The molecule has 0 saturated heterocycles. The SMILES string of the molecule is Cn1cc(Br)nc1Oc1ccc(O)cc1. The molecule has 1 aromatic carbocycles. The van der Waals surface area contributed by atoms with Gasteiger partial charge in [0.1, 0.15) is 16.1 Å². The van der Waals surface area contributed by atoms with E-state index in [1.165, 1.54) is 0 Å². The maximum atomic E-state index is 9.10. The summed E-state index contributed by atoms with van der Waals surface area (Å²) in [4.78, 5) is 4.12. The minimum Gasteiger partial charge on any atom is -0.508 e. The summed E-state index contributed by atoms with van der Waals surface area (Å²) in [6.45, 7) is 0. The molecule has 2 rings (SSSR count). The molecule has 0 aliphatic heterocycles. The Morgan fingerprint density at radius 2 is 2.00 bits per heavy atom. The summed E-state index contributed by atoms with van der Waals surface area (Å²) in [5.41, 5.74) is 0. The van der Waals surface area contributed by atoms with Gasteiger partial charge < -0.3 is 14.4 Å². The zero-order valence-corrected chi connectivity index (χ0v) is 9.60. The predicted molar refractivity (Wildman–Crippen MR) is 59.1 cm³/mol. The van der Waals surface area contributed by atoms with E-state index in [2.05, 4.69) is 20.9 Å². The minimum absolute atomic E-state index is 0.211. The van der Waals surface area contributed by atoms with Crippen LogP contribution in [0.4, 0.5) is 0 Å². The molecule has 78 valence electrons. The highest BCUT2D eigenvalue weighted by atomic mass is 79.9. The Bertz CT molecular complexity index is 465. The fourth-order valence-corrected chi connectivity index (χ4v) is 1.59. The number of aromatic hydroxyl groups is 1. The number of hydrogen-bond donors (Lipinski definition) is 1. The Morgan fingerprint density at radius 3 is 2.53 bits per heavy atom. The number of aryl methyl sites for hydroxylation is 1. The third-order valence-electron chi connectivity index (χ3n) is 1.85. The van der Waals surface area contributed by atoms with E-state index in [0.717, 1.165) is 4.60 Å². The number of aromatic nitrogens is 2. The average molecular weight is 269 g/mol. The van der Waals surface area contributed by atoms with Crippen LogP contribution in [0.15, 0.2) is 35.1 Å². The molecular weight excluding hydrogens is 260 g/mol. The summed E-state index contributed by atoms with van der Waals surface area (Å²) in [6.07, 6.45) is 1.80. The largest absolute Gasteiger partial charge is 0.508 e. The highest BCUT2D eigenvalue weighted by Crippen LogP contribution is 2.23. The van der Waals surface area contributed by atoms with Gasteiger partial charge in [-0.3, -0.25) is 0 Å². The van der Waals surface area contributed by atoms with E-state index in [-0.39, 0.29) is 5.75 Å². The fraction of sp³-hybridized carbons (Fsp3) is 0.100. The van der Waals surface area contributed by atoms with Gasteiger partial charge in [0.2, 0.25) is 0 Å². The minimum atomic E-state index is 0.211. The van der Waals surface area contributed by atoms with E-state index in [0.29, 0.717) is 11.8 Å². The van der Waals surface area contributed by atoms with Crippen molar-refractivity contribution in [2.45, 2.75) is 0 Å². The smallest absolute Gasteiger partial charge is 0.302 e. The summed E-state index contributed by atoms with van der Waals surface area (Å²) >= 11 is 3.26. The Kier molecular flexibility index (Phi) is 2.64. The Hall–Kier alpha value is -1.49. The van der Waals surface area contributed by atoms with E-state index < -0.39 is 0 Å². The highest BCUT2D eigenvalue weighted by Gasteiger charge is 2.05. The Labute approximate surface area is 95.3 Å². The molecule has 4 nitrogen and oxygen atoms in total. The molecule has 0 aliphatic carbocycles. The second-order valence-corrected chi connectivity index (χ2v) is 3.87. The van der Waals surface area contributed by atoms with E-state index in [4.69, 9.17) is 9.84 Å². The highest BCUT2D eigenvalue weighted by molar-refractivity contribution is 9.10. The molecule has 1 aromatic heterocycles. The molecule has 5 heteroatoms. The van der Waals surface area contributed by atoms with Crippen molar-refractivity contribution in [3.8, 4) is 17.5 Å². The molecule has 15 heavy (non-hydrogen) atoms. The van der Waals surface area contributed by atoms with Gasteiger partial charge >= 0.3 is 6.01 Å². The van der Waals surface area contributed by atoms with Crippen molar-refractivity contribution in [1.82, 2.24) is 9.55 Å². The lowest BCUT2D eigenvalue weighted by atomic mass is 10.3. The van der Waals surface area contributed by atoms with Crippen LogP contribution < -0.4 is 4.74 Å². The number of rotatable bonds is 2. The normalized spacial score (nSPS) is 10.3. The first kappa shape index (κ1) is 10.0. The van der Waals surface area contributed by atoms with Crippen LogP contribution in [0.5, 0.6) is 17.5 Å². The first-order valence-electron chi connectivity index (χ1n) is 4.31. The predicted octanol–water partition coefficient (Wildman–Crippen LogP) is 2.68. The van der Waals surface area contributed by atoms with Crippen LogP contribution in [0.2, 0.25) is 0 Å². The van der Waals surface area contributed by atoms with Gasteiger partial charge in [-0.15, -0.1) is 0 Å². The molecule has 0 aliphatic rings. The topological polar surface area (TPSA) is 47.3 Å². The molecule has 0 amide bonds. The van der Waals surface area contributed by atoms with Crippen LogP contribution in [0.1, 0.15) is 0 Å². The summed E-state index contributed by atoms with van der Waals surface area (Å²) in [5.74, 6) is 0.845. The lowest BCUT2D eigenvalue weighted by Crippen LogP contribution is -1.92. The van der Waals surface area contributed by atoms with Crippen LogP contribution in [-0.2, 0) is 7.05 Å². The maximum Gasteiger partial charge on any atom is 0.302 e. The molecule has 2 aromatic rings. The number of phenolic OH excluding ortho intramolecular Hbond substituents is 1. The average Bonchev–Trinajstić information content (AvgIpc) is 2.49. The van der Waals surface area contributed by atoms with Crippen molar-refractivity contribution in [1.29, 1.82) is 0 Å². The molecule has 0 radical (unpaired) electrons. The summed E-state index contributed by atoms with van der Waals surface area (Å²) in [5, 5.41) is 9.10. The number of hydrogen-bond acceptors (Lipinski definition) is 3. The lowest BCUT2D eigenvalue weighted by molar-refractivity contribution is 0.422. The third kappa shape index (κ3) is 2.30. The van der Waals surface area contributed by atoms with Crippen molar-refractivity contribution in [3.63, 3.8) is 0 Å². The van der Waals surface area contributed by atoms with Gasteiger partial charge in [0.25, 0.3) is 0 Å². The van der Waals surface area contributed by atoms with Crippen molar-refractivity contribution in [2.24, 2.45) is 7.05 Å². The molecule has 0 saturated carbocycles. The monoisotopic (exact) mass is 268 g/mol. The first-order chi connectivity index (χ1) is 7.15. The standard InChI is InChI=1S/C10H9BrN2O2/c1-13-6-9(11)12-10(13)15-8-4-2-7(14)3-5-8/h2-6,14H,1H3. The summed E-state index contributed by atoms with van der Waals surface area (Å²) in [7, 11) is 1.84. The van der Waals surface area contributed by atoms with Crippen LogP contribution in [0.3, 0.4) is 0 Å². The lowest BCUT2D eigenvalue weighted by Gasteiger charge is -2.03. The van der Waals surface area contributed by atoms with E-state index in [9.17, 15) is 0 Å². The first-order valence-corrected chi connectivity index (χ1v) is 5.10. The number of phenols is 1. The van der Waals surface area contributed by atoms with Gasteiger partial charge in [-0.1, -0.05) is 0 Å². The Morgan fingerprint density at radius 1 is 1.33 bits per heavy atom. The van der Waals surface area contributed by atoms with Crippen molar-refractivity contribution in [2.75, 3.05) is 0 Å². The molecule has 0 bridgehead atoms. The van der Waals surface area contributed by atoms with Crippen LogP contribution in [0, 0.1) is 0 Å². The molecule has 0 unspecified atom stereocenters. The van der Waals surface area contributed by atoms with Gasteiger partial charge in [-0.05, 0) is 40.2 Å². The van der Waals surface area contributed by atoms with Crippen LogP contribution in [0.25, 0.3) is 0 Å². The summed E-state index contributed by atoms with van der Waals surface area (Å²) < 4.78 is 7.98. The fourth-order valence-electron chi connectivity index (χ4n) is 1.13. The second kappa shape index (κ2) is 3.94. The molecule has 0 spiro atoms. The number of imidazole rings is 1. The molecule has 1 N–H and O–H groups in total. The van der Waals surface area contributed by atoms with Crippen LogP contribution >= 0.6 is 15.9 Å². The van der Waals surface area contributed by atoms with Crippen LogP contribution in [-0.4, -0.2) is 14.7 Å². The molecular formula is C10H9BrN2O2. The van der Waals surface area contributed by atoms with E-state index in [1.807, 2.05) is 7.05 Å². The maximum absolute atomic E-state index is 9.10. The van der Waals surface area contributed by atoms with Gasteiger partial charge in [-0.25, -0.2) is 0 Å². The van der Waals surface area contributed by atoms with Crippen molar-refractivity contribution < 1.29 is 9.84 Å². The zero-order chi connectivity index (χ0) is 10.8. The molecule has 0 fully saturated rings. The number of nitrogens with zero attached hydrogens (tertiary/aromatic N) is 2. The zero-order valence-electron chi connectivity index (χ0n) is 8.01. The second-order valence-electron chi connectivity index (χ2n) is 3.05. The molecule has 0 atom stereocenters. The van der Waals surface area contributed by atoms with E-state index >= 15 is 0 Å². The quantitative estimate of drug-likeness (QED) is 0.911. The van der Waals surface area contributed by atoms with Gasteiger partial charge in [0.15, 0.2) is 0 Å². The number of halogens is 1. The van der Waals surface area contributed by atoms with Crippen molar-refractivity contribution >= 4 is 15.9 Å².